The summed E-state index contributed by atoms with van der Waals surface area (Å²) >= 11 is 0. The Morgan fingerprint density at radius 1 is 1.10 bits per heavy atom. The number of nitrogens with zero attached hydrogens (tertiary/aromatic N) is 3. The molecule has 0 aliphatic rings. The van der Waals surface area contributed by atoms with Crippen LogP contribution in [0.15, 0.2) is 55.1 Å². The minimum absolute atomic E-state index is 0.0141. The van der Waals surface area contributed by atoms with E-state index in [0.29, 0.717) is 36.0 Å². The van der Waals surface area contributed by atoms with Crippen LogP contribution in [-0.2, 0) is 22.4 Å². The Labute approximate surface area is 229 Å². The average molecular weight is 562 g/mol. The van der Waals surface area contributed by atoms with Crippen molar-refractivity contribution in [3.63, 3.8) is 0 Å². The van der Waals surface area contributed by atoms with Crippen molar-refractivity contribution in [1.29, 1.82) is 0 Å². The number of rotatable bonds is 12. The summed E-state index contributed by atoms with van der Waals surface area (Å²) in [6, 6.07) is 10.1. The van der Waals surface area contributed by atoms with Crippen LogP contribution >= 0.6 is 0 Å². The second-order valence-corrected chi connectivity index (χ2v) is 17.1. The minimum atomic E-state index is -4.56. The molecule has 3 rings (SSSR count). The highest BCUT2D eigenvalue weighted by molar-refractivity contribution is 6.76. The zero-order chi connectivity index (χ0) is 29.0. The van der Waals surface area contributed by atoms with Crippen molar-refractivity contribution >= 4 is 8.07 Å². The normalized spacial score (nSPS) is 12.5. The van der Waals surface area contributed by atoms with Crippen LogP contribution in [0.5, 0.6) is 5.75 Å². The summed E-state index contributed by atoms with van der Waals surface area (Å²) in [5, 5.41) is 0. The van der Waals surface area contributed by atoms with E-state index in [-0.39, 0.29) is 18.0 Å². The van der Waals surface area contributed by atoms with Crippen molar-refractivity contribution in [2.75, 3.05) is 20.3 Å². The third-order valence-corrected chi connectivity index (χ3v) is 8.09. The zero-order valence-corrected chi connectivity index (χ0v) is 24.8. The van der Waals surface area contributed by atoms with Gasteiger partial charge in [0, 0.05) is 38.2 Å². The number of alkyl halides is 3. The SMILES string of the molecule is C=C(OC)C(C)(C)COc1ccc(-c2ccc(-c3nc(C(F)(F)F)cn3COCC[Si](C)(C)C)cn2)c(C)c1. The van der Waals surface area contributed by atoms with Gasteiger partial charge in [-0.2, -0.15) is 13.2 Å². The molecular formula is C29H38F3N3O3Si. The number of ether oxygens (including phenoxy) is 3. The van der Waals surface area contributed by atoms with Crippen molar-refractivity contribution in [3.8, 4) is 28.4 Å². The Morgan fingerprint density at radius 3 is 2.38 bits per heavy atom. The molecule has 39 heavy (non-hydrogen) atoms. The first-order valence-electron chi connectivity index (χ1n) is 12.8. The molecule has 3 aromatic rings. The number of hydrogen-bond donors (Lipinski definition) is 0. The molecule has 0 spiro atoms. The van der Waals surface area contributed by atoms with E-state index in [1.54, 1.807) is 25.4 Å². The fraction of sp³-hybridized carbons (Fsp3) is 0.448. The Balaban J connectivity index is 1.79. The van der Waals surface area contributed by atoms with Gasteiger partial charge in [0.2, 0.25) is 0 Å². The molecule has 2 heterocycles. The quantitative estimate of drug-likeness (QED) is 0.128. The predicted molar refractivity (Wildman–Crippen MR) is 150 cm³/mol. The van der Waals surface area contributed by atoms with Crippen LogP contribution in [0.25, 0.3) is 22.6 Å². The fourth-order valence-electron chi connectivity index (χ4n) is 3.74. The number of aryl methyl sites for hydroxylation is 1. The highest BCUT2D eigenvalue weighted by Crippen LogP contribution is 2.33. The summed E-state index contributed by atoms with van der Waals surface area (Å²) in [7, 11) is 0.270. The molecule has 0 unspecified atom stereocenters. The number of methoxy groups -OCH3 is 1. The minimum Gasteiger partial charge on any atom is -0.501 e. The van der Waals surface area contributed by atoms with Crippen LogP contribution in [0.1, 0.15) is 25.1 Å². The molecule has 0 saturated carbocycles. The predicted octanol–water partition coefficient (Wildman–Crippen LogP) is 7.82. The van der Waals surface area contributed by atoms with Gasteiger partial charge >= 0.3 is 6.18 Å². The van der Waals surface area contributed by atoms with E-state index < -0.39 is 19.9 Å². The molecule has 0 bridgehead atoms. The molecule has 0 amide bonds. The molecule has 0 atom stereocenters. The number of benzene rings is 1. The maximum atomic E-state index is 13.4. The van der Waals surface area contributed by atoms with Gasteiger partial charge in [0.1, 0.15) is 24.9 Å². The van der Waals surface area contributed by atoms with Crippen LogP contribution in [0, 0.1) is 12.3 Å². The molecule has 1 aromatic carbocycles. The summed E-state index contributed by atoms with van der Waals surface area (Å²) in [5.74, 6) is 1.51. The highest BCUT2D eigenvalue weighted by atomic mass is 28.3. The molecule has 0 N–H and O–H groups in total. The molecule has 10 heteroatoms. The molecule has 6 nitrogen and oxygen atoms in total. The molecule has 0 saturated heterocycles. The van der Waals surface area contributed by atoms with Crippen LogP contribution in [-0.4, -0.2) is 42.9 Å². The van der Waals surface area contributed by atoms with Crippen LogP contribution in [0.4, 0.5) is 13.2 Å². The van der Waals surface area contributed by atoms with Crippen LogP contribution < -0.4 is 4.74 Å². The summed E-state index contributed by atoms with van der Waals surface area (Å²) in [6.45, 7) is 17.4. The molecule has 2 aromatic heterocycles. The number of pyridine rings is 1. The maximum absolute atomic E-state index is 13.4. The van der Waals surface area contributed by atoms with Crippen molar-refractivity contribution < 1.29 is 27.4 Å². The average Bonchev–Trinajstić information content (AvgIpc) is 3.29. The first-order valence-corrected chi connectivity index (χ1v) is 16.5. The smallest absolute Gasteiger partial charge is 0.434 e. The lowest BCUT2D eigenvalue weighted by Crippen LogP contribution is -2.24. The van der Waals surface area contributed by atoms with Crippen LogP contribution in [0.2, 0.25) is 25.7 Å². The molecule has 0 aliphatic carbocycles. The third-order valence-electron chi connectivity index (χ3n) is 6.39. The first-order chi connectivity index (χ1) is 18.1. The summed E-state index contributed by atoms with van der Waals surface area (Å²) in [4.78, 5) is 8.40. The van der Waals surface area contributed by atoms with Gasteiger partial charge < -0.3 is 18.8 Å². The van der Waals surface area contributed by atoms with E-state index in [9.17, 15) is 13.2 Å². The van der Waals surface area contributed by atoms with Gasteiger partial charge in [0.25, 0.3) is 0 Å². The van der Waals surface area contributed by atoms with E-state index in [0.717, 1.165) is 23.4 Å². The van der Waals surface area contributed by atoms with Crippen LogP contribution in [0.3, 0.4) is 0 Å². The maximum Gasteiger partial charge on any atom is 0.434 e. The second kappa shape index (κ2) is 12.0. The van der Waals surface area contributed by atoms with E-state index in [1.165, 1.54) is 4.57 Å². The Kier molecular flexibility index (Phi) is 9.33. The van der Waals surface area contributed by atoms with Crippen molar-refractivity contribution in [2.24, 2.45) is 5.41 Å². The van der Waals surface area contributed by atoms with Gasteiger partial charge in [-0.05, 0) is 62.7 Å². The van der Waals surface area contributed by atoms with Crippen molar-refractivity contribution in [1.82, 2.24) is 14.5 Å². The molecule has 0 aliphatic heterocycles. The van der Waals surface area contributed by atoms with Gasteiger partial charge in [-0.25, -0.2) is 4.98 Å². The molecular weight excluding hydrogens is 523 g/mol. The lowest BCUT2D eigenvalue weighted by atomic mass is 9.93. The molecule has 0 radical (unpaired) electrons. The number of hydrogen-bond acceptors (Lipinski definition) is 5. The van der Waals surface area contributed by atoms with Crippen molar-refractivity contribution in [3.05, 3.63) is 66.3 Å². The zero-order valence-electron chi connectivity index (χ0n) is 23.8. The standard InChI is InChI=1S/C29H38F3N3O3Si/c1-20-15-23(38-18-28(3,4)21(2)36-5)10-11-24(20)25-12-9-22(16-33-25)27-34-26(29(30,31)32)17-35(27)19-37-13-14-39(6,7)8/h9-12,15-17H,2,13-14,18-19H2,1,3-8H3. The number of halogens is 3. The summed E-state index contributed by atoms with van der Waals surface area (Å²) in [6.07, 6.45) is -2.03. The Morgan fingerprint density at radius 2 is 1.82 bits per heavy atom. The van der Waals surface area contributed by atoms with Gasteiger partial charge in [0.05, 0.1) is 24.0 Å². The third kappa shape index (κ3) is 8.19. The van der Waals surface area contributed by atoms with Gasteiger partial charge in [0.15, 0.2) is 5.69 Å². The van der Waals surface area contributed by atoms with Gasteiger partial charge in [-0.15, -0.1) is 0 Å². The first kappa shape index (κ1) is 30.4. The monoisotopic (exact) mass is 561 g/mol. The highest BCUT2D eigenvalue weighted by Gasteiger charge is 2.35. The number of aromatic nitrogens is 3. The lowest BCUT2D eigenvalue weighted by Gasteiger charge is -2.26. The molecule has 0 fully saturated rings. The van der Waals surface area contributed by atoms with Gasteiger partial charge in [-0.3, -0.25) is 4.98 Å². The summed E-state index contributed by atoms with van der Waals surface area (Å²) < 4.78 is 58.6. The van der Waals surface area contributed by atoms with Crippen molar-refractivity contribution in [2.45, 2.75) is 59.4 Å². The second-order valence-electron chi connectivity index (χ2n) is 11.5. The van der Waals surface area contributed by atoms with E-state index >= 15 is 0 Å². The van der Waals surface area contributed by atoms with E-state index in [1.807, 2.05) is 39.0 Å². The lowest BCUT2D eigenvalue weighted by molar-refractivity contribution is -0.141. The fourth-order valence-corrected chi connectivity index (χ4v) is 4.50. The Hall–Kier alpha value is -3.11. The van der Waals surface area contributed by atoms with Gasteiger partial charge in [-0.1, -0.05) is 26.2 Å². The topological polar surface area (TPSA) is 58.4 Å². The van der Waals surface area contributed by atoms with E-state index in [4.69, 9.17) is 14.2 Å². The summed E-state index contributed by atoms with van der Waals surface area (Å²) in [5.41, 5.74) is 1.70. The molecule has 212 valence electrons. The Bertz CT molecular complexity index is 1280. The number of imidazole rings is 1. The van der Waals surface area contributed by atoms with E-state index in [2.05, 4.69) is 36.2 Å². The largest absolute Gasteiger partial charge is 0.501 e.